The maximum atomic E-state index is 13.7. The number of hydrogen-bond donors (Lipinski definition) is 1. The highest BCUT2D eigenvalue weighted by Crippen LogP contribution is 2.29. The molecule has 0 heterocycles. The minimum absolute atomic E-state index is 0.315. The lowest BCUT2D eigenvalue weighted by atomic mass is 9.97. The third-order valence-electron chi connectivity index (χ3n) is 2.91. The molecule has 2 aromatic carbocycles. The number of halogens is 4. The van der Waals surface area contributed by atoms with Crippen molar-refractivity contribution in [3.05, 3.63) is 68.0 Å². The highest BCUT2D eigenvalue weighted by Gasteiger charge is 2.21. The number of benzene rings is 2. The summed E-state index contributed by atoms with van der Waals surface area (Å²) >= 11 is 2.08. The zero-order valence-electron chi connectivity index (χ0n) is 10.1. The van der Waals surface area contributed by atoms with Crippen LogP contribution < -0.4 is 5.73 Å². The van der Waals surface area contributed by atoms with Crippen LogP contribution in [0.4, 0.5) is 13.2 Å². The van der Waals surface area contributed by atoms with Crippen LogP contribution in [-0.4, -0.2) is 0 Å². The predicted octanol–water partition coefficient (Wildman–Crippen LogP) is 4.07. The van der Waals surface area contributed by atoms with E-state index in [1.807, 2.05) is 13.0 Å². The van der Waals surface area contributed by atoms with E-state index in [4.69, 9.17) is 5.73 Å². The van der Waals surface area contributed by atoms with Crippen molar-refractivity contribution >= 4 is 22.6 Å². The molecule has 0 aliphatic rings. The predicted molar refractivity (Wildman–Crippen MR) is 76.2 cm³/mol. The van der Waals surface area contributed by atoms with Crippen LogP contribution in [0.25, 0.3) is 0 Å². The molecule has 0 aromatic heterocycles. The largest absolute Gasteiger partial charge is 0.320 e. The van der Waals surface area contributed by atoms with Crippen molar-refractivity contribution in [2.45, 2.75) is 13.0 Å². The molecule has 1 nitrogen and oxygen atoms in total. The van der Waals surface area contributed by atoms with E-state index in [9.17, 15) is 13.2 Å². The minimum atomic E-state index is -0.970. The van der Waals surface area contributed by atoms with E-state index >= 15 is 0 Å². The van der Waals surface area contributed by atoms with Crippen LogP contribution in [-0.2, 0) is 0 Å². The van der Waals surface area contributed by atoms with Crippen LogP contribution in [0.3, 0.4) is 0 Å². The lowest BCUT2D eigenvalue weighted by molar-refractivity contribution is 0.514. The molecule has 0 spiro atoms. The topological polar surface area (TPSA) is 26.0 Å². The fourth-order valence-corrected chi connectivity index (χ4v) is 2.61. The van der Waals surface area contributed by atoms with Gasteiger partial charge in [-0.25, -0.2) is 13.2 Å². The van der Waals surface area contributed by atoms with Gasteiger partial charge in [-0.15, -0.1) is 0 Å². The third kappa shape index (κ3) is 2.76. The van der Waals surface area contributed by atoms with Gasteiger partial charge < -0.3 is 5.73 Å². The molecule has 0 saturated heterocycles. The van der Waals surface area contributed by atoms with Crippen molar-refractivity contribution in [3.63, 3.8) is 0 Å². The van der Waals surface area contributed by atoms with E-state index in [-0.39, 0.29) is 5.56 Å². The van der Waals surface area contributed by atoms with Gasteiger partial charge in [-0.3, -0.25) is 0 Å². The van der Waals surface area contributed by atoms with Crippen LogP contribution in [0, 0.1) is 27.9 Å². The second-order valence-corrected chi connectivity index (χ2v) is 5.32. The summed E-state index contributed by atoms with van der Waals surface area (Å²) in [6.07, 6.45) is 0. The Morgan fingerprint density at radius 2 is 1.68 bits per heavy atom. The first-order chi connectivity index (χ1) is 8.91. The van der Waals surface area contributed by atoms with Gasteiger partial charge in [0.05, 0.1) is 6.04 Å². The summed E-state index contributed by atoms with van der Waals surface area (Å²) in [5.41, 5.74) is 7.20. The number of aryl methyl sites for hydroxylation is 1. The Bertz CT molecular complexity index is 605. The molecule has 0 fully saturated rings. The first-order valence-corrected chi connectivity index (χ1v) is 6.64. The van der Waals surface area contributed by atoms with Gasteiger partial charge in [0.1, 0.15) is 17.5 Å². The molecule has 0 amide bonds. The molecule has 19 heavy (non-hydrogen) atoms. The Kier molecular flexibility index (Phi) is 4.15. The highest BCUT2D eigenvalue weighted by atomic mass is 127. The molecular weight excluding hydrogens is 366 g/mol. The van der Waals surface area contributed by atoms with E-state index in [0.717, 1.165) is 9.13 Å². The highest BCUT2D eigenvalue weighted by molar-refractivity contribution is 14.1. The van der Waals surface area contributed by atoms with Gasteiger partial charge in [0.15, 0.2) is 0 Å². The average molecular weight is 377 g/mol. The van der Waals surface area contributed by atoms with E-state index in [2.05, 4.69) is 22.6 Å². The van der Waals surface area contributed by atoms with Gasteiger partial charge in [-0.2, -0.15) is 0 Å². The molecule has 100 valence electrons. The minimum Gasteiger partial charge on any atom is -0.320 e. The summed E-state index contributed by atoms with van der Waals surface area (Å²) in [6, 6.07) is 5.68. The monoisotopic (exact) mass is 377 g/mol. The number of rotatable bonds is 2. The zero-order chi connectivity index (χ0) is 14.2. The summed E-state index contributed by atoms with van der Waals surface area (Å²) < 4.78 is 41.2. The van der Waals surface area contributed by atoms with Crippen molar-refractivity contribution in [3.8, 4) is 0 Å². The van der Waals surface area contributed by atoms with E-state index in [1.54, 1.807) is 12.1 Å². The van der Waals surface area contributed by atoms with E-state index < -0.39 is 23.5 Å². The molecular formula is C14H11F3IN. The average Bonchev–Trinajstić information content (AvgIpc) is 2.31. The normalized spacial score (nSPS) is 12.5. The van der Waals surface area contributed by atoms with Gasteiger partial charge in [0, 0.05) is 21.3 Å². The summed E-state index contributed by atoms with van der Waals surface area (Å²) in [5, 5.41) is 0. The Morgan fingerprint density at radius 1 is 1.11 bits per heavy atom. The Hall–Kier alpha value is -1.08. The summed E-state index contributed by atoms with van der Waals surface area (Å²) in [7, 11) is 0. The maximum Gasteiger partial charge on any atom is 0.134 e. The molecule has 2 N–H and O–H groups in total. The number of hydrogen-bond acceptors (Lipinski definition) is 1. The quantitative estimate of drug-likeness (QED) is 0.785. The SMILES string of the molecule is Cc1cccc(C(N)c2c(F)cc(F)cc2F)c1I. The standard InChI is InChI=1S/C14H11F3IN/c1-7-3-2-4-9(13(7)18)14(19)12-10(16)5-8(15)6-11(12)17/h2-6,14H,19H2,1H3. The van der Waals surface area contributed by atoms with Crippen LogP contribution in [0.5, 0.6) is 0 Å². The van der Waals surface area contributed by atoms with Crippen molar-refractivity contribution < 1.29 is 13.2 Å². The van der Waals surface area contributed by atoms with Gasteiger partial charge in [-0.1, -0.05) is 18.2 Å². The molecule has 0 aliphatic carbocycles. The van der Waals surface area contributed by atoms with Crippen molar-refractivity contribution in [1.29, 1.82) is 0 Å². The smallest absolute Gasteiger partial charge is 0.134 e. The Labute approximate surface area is 122 Å². The van der Waals surface area contributed by atoms with Crippen molar-refractivity contribution in [1.82, 2.24) is 0 Å². The molecule has 5 heteroatoms. The van der Waals surface area contributed by atoms with E-state index in [1.165, 1.54) is 0 Å². The van der Waals surface area contributed by atoms with Gasteiger partial charge >= 0.3 is 0 Å². The molecule has 2 rings (SSSR count). The zero-order valence-corrected chi connectivity index (χ0v) is 12.2. The van der Waals surface area contributed by atoms with Crippen LogP contribution in [0.1, 0.15) is 22.7 Å². The molecule has 1 unspecified atom stereocenters. The number of nitrogens with two attached hydrogens (primary N) is 1. The third-order valence-corrected chi connectivity index (χ3v) is 4.39. The molecule has 0 radical (unpaired) electrons. The van der Waals surface area contributed by atoms with Crippen molar-refractivity contribution in [2.75, 3.05) is 0 Å². The molecule has 0 aliphatic heterocycles. The Balaban J connectivity index is 2.56. The summed E-state index contributed by atoms with van der Waals surface area (Å²) in [5.74, 6) is -2.89. The fraction of sp³-hybridized carbons (Fsp3) is 0.143. The second-order valence-electron chi connectivity index (χ2n) is 4.24. The molecule has 2 aromatic rings. The lowest BCUT2D eigenvalue weighted by Crippen LogP contribution is -2.17. The maximum absolute atomic E-state index is 13.7. The van der Waals surface area contributed by atoms with Gasteiger partial charge in [-0.05, 0) is 40.6 Å². The van der Waals surface area contributed by atoms with Crippen LogP contribution >= 0.6 is 22.6 Å². The second kappa shape index (κ2) is 5.50. The van der Waals surface area contributed by atoms with Crippen LogP contribution in [0.2, 0.25) is 0 Å². The van der Waals surface area contributed by atoms with Crippen LogP contribution in [0.15, 0.2) is 30.3 Å². The summed E-state index contributed by atoms with van der Waals surface area (Å²) in [4.78, 5) is 0. The lowest BCUT2D eigenvalue weighted by Gasteiger charge is -2.17. The summed E-state index contributed by atoms with van der Waals surface area (Å²) in [6.45, 7) is 1.88. The molecule has 0 saturated carbocycles. The molecule has 0 bridgehead atoms. The van der Waals surface area contributed by atoms with Crippen molar-refractivity contribution in [2.24, 2.45) is 5.73 Å². The van der Waals surface area contributed by atoms with Gasteiger partial charge in [0.25, 0.3) is 0 Å². The fourth-order valence-electron chi connectivity index (χ4n) is 1.92. The first kappa shape index (κ1) is 14.3. The van der Waals surface area contributed by atoms with E-state index in [0.29, 0.717) is 17.7 Å². The molecule has 1 atom stereocenters. The first-order valence-electron chi connectivity index (χ1n) is 5.57. The van der Waals surface area contributed by atoms with Gasteiger partial charge in [0.2, 0.25) is 0 Å². The Morgan fingerprint density at radius 3 is 2.26 bits per heavy atom.